The van der Waals surface area contributed by atoms with Gasteiger partial charge in [-0.05, 0) is 36.8 Å². The summed E-state index contributed by atoms with van der Waals surface area (Å²) in [7, 11) is 0. The van der Waals surface area contributed by atoms with Crippen LogP contribution in [0.2, 0.25) is 0 Å². The first-order chi connectivity index (χ1) is 8.66. The molecule has 1 amide bonds. The molecule has 6 nitrogen and oxygen atoms in total. The van der Waals surface area contributed by atoms with E-state index < -0.39 is 5.97 Å². The molecule has 0 spiro atoms. The zero-order chi connectivity index (χ0) is 12.7. The Morgan fingerprint density at radius 2 is 2.17 bits per heavy atom. The second kappa shape index (κ2) is 4.04. The number of rotatable bonds is 4. The van der Waals surface area contributed by atoms with Crippen molar-refractivity contribution in [2.75, 3.05) is 0 Å². The van der Waals surface area contributed by atoms with E-state index in [1.54, 1.807) is 12.1 Å². The van der Waals surface area contributed by atoms with E-state index in [1.165, 1.54) is 6.20 Å². The van der Waals surface area contributed by atoms with Crippen LogP contribution >= 0.6 is 0 Å². The lowest BCUT2D eigenvalue weighted by Gasteiger charge is -2.02. The van der Waals surface area contributed by atoms with Crippen molar-refractivity contribution in [3.63, 3.8) is 0 Å². The van der Waals surface area contributed by atoms with Gasteiger partial charge in [0.05, 0.1) is 5.92 Å². The maximum atomic E-state index is 11.8. The number of nitrogens with zero attached hydrogens (tertiary/aromatic N) is 2. The smallest absolute Gasteiger partial charge is 0.306 e. The van der Waals surface area contributed by atoms with Crippen LogP contribution in [0.15, 0.2) is 18.3 Å². The summed E-state index contributed by atoms with van der Waals surface area (Å²) in [5, 5.41) is 19.1. The number of hydrogen-bond donors (Lipinski definition) is 2. The fourth-order valence-electron chi connectivity index (χ4n) is 2.49. The summed E-state index contributed by atoms with van der Waals surface area (Å²) in [6.07, 6.45) is 3.14. The molecular formula is C12H13N3O3. The van der Waals surface area contributed by atoms with Crippen molar-refractivity contribution in [3.05, 3.63) is 24.0 Å². The number of carbonyl (C=O) groups excluding carboxylic acids is 1. The summed E-state index contributed by atoms with van der Waals surface area (Å²) in [6, 6.07) is 3.37. The largest absolute Gasteiger partial charge is 0.481 e. The molecule has 0 bridgehead atoms. The lowest BCUT2D eigenvalue weighted by Crippen LogP contribution is -2.28. The molecule has 1 heterocycles. The Morgan fingerprint density at radius 3 is 2.78 bits per heavy atom. The Bertz CT molecular complexity index is 491. The summed E-state index contributed by atoms with van der Waals surface area (Å²) in [4.78, 5) is 22.5. The zero-order valence-electron chi connectivity index (χ0n) is 9.61. The fourth-order valence-corrected chi connectivity index (χ4v) is 2.49. The number of nitrogens with one attached hydrogen (secondary N) is 1. The number of carbonyl (C=O) groups is 2. The third kappa shape index (κ3) is 2.05. The minimum Gasteiger partial charge on any atom is -0.481 e. The molecule has 2 aliphatic rings. The van der Waals surface area contributed by atoms with Gasteiger partial charge in [-0.3, -0.25) is 9.59 Å². The Hall–Kier alpha value is -1.98. The number of carboxylic acid groups (broad SMARTS) is 1. The van der Waals surface area contributed by atoms with Crippen molar-refractivity contribution >= 4 is 11.9 Å². The maximum Gasteiger partial charge on any atom is 0.306 e. The second-order valence-corrected chi connectivity index (χ2v) is 4.93. The van der Waals surface area contributed by atoms with Crippen molar-refractivity contribution in [3.8, 4) is 0 Å². The molecule has 3 rings (SSSR count). The highest BCUT2D eigenvalue weighted by Gasteiger charge is 2.56. The summed E-state index contributed by atoms with van der Waals surface area (Å²) in [6.45, 7) is 0. The molecule has 1 aromatic heterocycles. The second-order valence-electron chi connectivity index (χ2n) is 4.93. The maximum absolute atomic E-state index is 11.8. The van der Waals surface area contributed by atoms with Gasteiger partial charge < -0.3 is 10.4 Å². The Balaban J connectivity index is 1.52. The molecule has 2 N–H and O–H groups in total. The molecule has 0 saturated heterocycles. The van der Waals surface area contributed by atoms with Gasteiger partial charge >= 0.3 is 5.97 Å². The van der Waals surface area contributed by atoms with Gasteiger partial charge in [-0.2, -0.15) is 5.10 Å². The molecule has 2 aliphatic carbocycles. The van der Waals surface area contributed by atoms with Crippen LogP contribution in [0.3, 0.4) is 0 Å². The molecular weight excluding hydrogens is 234 g/mol. The molecule has 18 heavy (non-hydrogen) atoms. The lowest BCUT2D eigenvalue weighted by atomic mass is 10.2. The molecule has 0 unspecified atom stereocenters. The molecule has 4 atom stereocenters. The van der Waals surface area contributed by atoms with E-state index in [0.29, 0.717) is 11.6 Å². The predicted octanol–water partition coefficient (Wildman–Crippen LogP) is 0.316. The van der Waals surface area contributed by atoms with E-state index in [4.69, 9.17) is 5.11 Å². The standard InChI is InChI=1S/C12H13N3O3/c16-11(9-2-1-3-13-15-9)14-10-5-7(10)6-4-8(6)12(17)18/h1-3,6-8,10H,4-5H2,(H,14,16)(H,17,18)/t6-,7+,8-,10+/m1/s1. The molecule has 0 aliphatic heterocycles. The fraction of sp³-hybridized carbons (Fsp3) is 0.500. The average Bonchev–Trinajstić information content (AvgIpc) is 3.23. The van der Waals surface area contributed by atoms with Gasteiger partial charge in [0, 0.05) is 12.2 Å². The van der Waals surface area contributed by atoms with Crippen LogP contribution in [0.1, 0.15) is 23.3 Å². The van der Waals surface area contributed by atoms with Crippen molar-refractivity contribution in [2.24, 2.45) is 17.8 Å². The van der Waals surface area contributed by atoms with Crippen LogP contribution in [0, 0.1) is 17.8 Å². The molecule has 2 fully saturated rings. The average molecular weight is 247 g/mol. The first kappa shape index (κ1) is 11.1. The molecule has 6 heteroatoms. The Kier molecular flexibility index (Phi) is 2.50. The molecule has 0 aromatic carbocycles. The molecule has 0 radical (unpaired) electrons. The van der Waals surface area contributed by atoms with Crippen LogP contribution in [-0.4, -0.2) is 33.2 Å². The molecule has 1 aromatic rings. The summed E-state index contributed by atoms with van der Waals surface area (Å²) in [5.74, 6) is -0.580. The SMILES string of the molecule is O=C(N[C@H]1C[C@H]1[C@H]1C[C@H]1C(=O)O)c1cccnn1. The number of aromatic nitrogens is 2. The zero-order valence-corrected chi connectivity index (χ0v) is 9.61. The molecule has 94 valence electrons. The van der Waals surface area contributed by atoms with Gasteiger partial charge in [-0.15, -0.1) is 5.10 Å². The van der Waals surface area contributed by atoms with Gasteiger partial charge in [0.25, 0.3) is 5.91 Å². The third-order valence-corrected chi connectivity index (χ3v) is 3.67. The van der Waals surface area contributed by atoms with Gasteiger partial charge in [-0.1, -0.05) is 0 Å². The van der Waals surface area contributed by atoms with E-state index in [-0.39, 0.29) is 23.8 Å². The van der Waals surface area contributed by atoms with E-state index in [2.05, 4.69) is 15.5 Å². The van der Waals surface area contributed by atoms with E-state index in [1.807, 2.05) is 0 Å². The normalized spacial score (nSPS) is 32.7. The van der Waals surface area contributed by atoms with Crippen LogP contribution < -0.4 is 5.32 Å². The van der Waals surface area contributed by atoms with Crippen LogP contribution in [0.4, 0.5) is 0 Å². The number of carboxylic acids is 1. The number of aliphatic carboxylic acids is 1. The first-order valence-corrected chi connectivity index (χ1v) is 5.98. The van der Waals surface area contributed by atoms with Crippen molar-refractivity contribution < 1.29 is 14.7 Å². The van der Waals surface area contributed by atoms with Crippen LogP contribution in [-0.2, 0) is 4.79 Å². The minimum atomic E-state index is -0.717. The minimum absolute atomic E-state index is 0.105. The topological polar surface area (TPSA) is 92.2 Å². The summed E-state index contributed by atoms with van der Waals surface area (Å²) in [5.41, 5.74) is 0.300. The van der Waals surface area contributed by atoms with Gasteiger partial charge in [0.2, 0.25) is 0 Å². The highest BCUT2D eigenvalue weighted by atomic mass is 16.4. The predicted molar refractivity (Wildman–Crippen MR) is 60.6 cm³/mol. The van der Waals surface area contributed by atoms with Gasteiger partial charge in [-0.25, -0.2) is 0 Å². The van der Waals surface area contributed by atoms with Crippen molar-refractivity contribution in [1.29, 1.82) is 0 Å². The Morgan fingerprint density at radius 1 is 1.33 bits per heavy atom. The summed E-state index contributed by atoms with van der Waals surface area (Å²) < 4.78 is 0. The van der Waals surface area contributed by atoms with Crippen molar-refractivity contribution in [2.45, 2.75) is 18.9 Å². The van der Waals surface area contributed by atoms with Gasteiger partial charge in [0.1, 0.15) is 0 Å². The van der Waals surface area contributed by atoms with E-state index in [9.17, 15) is 9.59 Å². The van der Waals surface area contributed by atoms with Gasteiger partial charge in [0.15, 0.2) is 5.69 Å². The number of amides is 1. The molecule has 2 saturated carbocycles. The summed E-state index contributed by atoms with van der Waals surface area (Å²) >= 11 is 0. The van der Waals surface area contributed by atoms with Crippen molar-refractivity contribution in [1.82, 2.24) is 15.5 Å². The van der Waals surface area contributed by atoms with Crippen LogP contribution in [0.25, 0.3) is 0 Å². The first-order valence-electron chi connectivity index (χ1n) is 5.98. The highest BCUT2D eigenvalue weighted by Crippen LogP contribution is 2.54. The van der Waals surface area contributed by atoms with E-state index in [0.717, 1.165) is 12.8 Å². The number of hydrogen-bond acceptors (Lipinski definition) is 4. The third-order valence-electron chi connectivity index (χ3n) is 3.67. The quantitative estimate of drug-likeness (QED) is 0.799. The Labute approximate surface area is 103 Å². The lowest BCUT2D eigenvalue weighted by molar-refractivity contribution is -0.138. The van der Waals surface area contributed by atoms with Crippen LogP contribution in [0.5, 0.6) is 0 Å². The highest BCUT2D eigenvalue weighted by molar-refractivity contribution is 5.92. The monoisotopic (exact) mass is 247 g/mol. The van der Waals surface area contributed by atoms with E-state index >= 15 is 0 Å².